The normalized spacial score (nSPS) is 10.8. The lowest BCUT2D eigenvalue weighted by Gasteiger charge is -1.99. The van der Waals surface area contributed by atoms with Gasteiger partial charge in [0.25, 0.3) is 0 Å². The second-order valence-corrected chi connectivity index (χ2v) is 1.57. The maximum absolute atomic E-state index is 11.3. The van der Waals surface area contributed by atoms with E-state index in [1.807, 2.05) is 0 Å². The first-order chi connectivity index (χ1) is 4.77. The molecule has 2 radical (unpaired) electrons. The van der Waals surface area contributed by atoms with E-state index < -0.39 is 12.8 Å². The molecule has 0 aliphatic carbocycles. The van der Waals surface area contributed by atoms with Gasteiger partial charge in [0.2, 0.25) is 0 Å². The molecule has 0 spiro atoms. The van der Waals surface area contributed by atoms with Crippen LogP contribution in [0.5, 0.6) is 0 Å². The molecule has 0 aliphatic rings. The predicted octanol–water partition coefficient (Wildman–Crippen LogP) is 1.63. The zero-order valence-electron chi connectivity index (χ0n) is 5.77. The monoisotopic (exact) mass is 152 g/mol. The van der Waals surface area contributed by atoms with E-state index in [4.69, 9.17) is 0 Å². The number of hydrogen-bond donors (Lipinski definition) is 0. The third-order valence-corrected chi connectivity index (χ3v) is 0.761. The van der Waals surface area contributed by atoms with Crippen LogP contribution in [0.2, 0.25) is 0 Å². The van der Waals surface area contributed by atoms with Crippen molar-refractivity contribution >= 4 is 0 Å². The van der Waals surface area contributed by atoms with Gasteiger partial charge >= 0.3 is 6.43 Å². The lowest BCUT2D eigenvalue weighted by molar-refractivity contribution is 0.0949. The van der Waals surface area contributed by atoms with Crippen LogP contribution in [0, 0.1) is 13.0 Å². The molecule has 0 aliphatic heterocycles. The van der Waals surface area contributed by atoms with Crippen LogP contribution in [-0.4, -0.2) is 20.3 Å². The van der Waals surface area contributed by atoms with Gasteiger partial charge in [-0.15, -0.1) is 0 Å². The second-order valence-electron chi connectivity index (χ2n) is 1.57. The van der Waals surface area contributed by atoms with E-state index in [9.17, 15) is 8.78 Å². The summed E-state index contributed by atoms with van der Waals surface area (Å²) in [6.45, 7) is 1.81. The van der Waals surface area contributed by atoms with E-state index in [1.54, 1.807) is 0 Å². The molecule has 2 nitrogen and oxygen atoms in total. The van der Waals surface area contributed by atoms with Gasteiger partial charge in [-0.3, -0.25) is 0 Å². The Kier molecular flexibility index (Phi) is 6.74. The Morgan fingerprint density at radius 3 is 2.60 bits per heavy atom. The Balaban J connectivity index is 2.77. The molecule has 0 unspecified atom stereocenters. The first-order valence-corrected chi connectivity index (χ1v) is 2.86. The maximum Gasteiger partial charge on any atom is 0.312 e. The van der Waals surface area contributed by atoms with Gasteiger partial charge < -0.3 is 9.47 Å². The van der Waals surface area contributed by atoms with Gasteiger partial charge in [-0.1, -0.05) is 0 Å². The van der Waals surface area contributed by atoms with Crippen LogP contribution in [-0.2, 0) is 9.47 Å². The Morgan fingerprint density at radius 2 is 2.10 bits per heavy atom. The minimum absolute atomic E-state index is 0.323. The van der Waals surface area contributed by atoms with Crippen molar-refractivity contribution in [2.24, 2.45) is 0 Å². The number of hydrogen-bond acceptors (Lipinski definition) is 2. The summed E-state index contributed by atoms with van der Waals surface area (Å²) < 4.78 is 31.9. The molecule has 0 N–H and O–H groups in total. The third-order valence-electron chi connectivity index (χ3n) is 0.761. The fraction of sp³-hybridized carbons (Fsp3) is 0.667. The quantitative estimate of drug-likeness (QED) is 0.538. The van der Waals surface area contributed by atoms with Crippen LogP contribution < -0.4 is 0 Å². The molecule has 0 rings (SSSR count). The van der Waals surface area contributed by atoms with Gasteiger partial charge in [0.15, 0.2) is 0 Å². The van der Waals surface area contributed by atoms with Crippen LogP contribution in [0.25, 0.3) is 0 Å². The molecule has 0 aromatic heterocycles. The van der Waals surface area contributed by atoms with Crippen molar-refractivity contribution in [3.05, 3.63) is 13.0 Å². The summed E-state index contributed by atoms with van der Waals surface area (Å²) in [5, 5.41) is 0. The lowest BCUT2D eigenvalue weighted by atomic mass is 10.5. The summed E-state index contributed by atoms with van der Waals surface area (Å²) >= 11 is 0. The summed E-state index contributed by atoms with van der Waals surface area (Å²) in [4.78, 5) is 0. The van der Waals surface area contributed by atoms with Crippen molar-refractivity contribution in [3.63, 3.8) is 0 Å². The van der Waals surface area contributed by atoms with Crippen LogP contribution in [0.1, 0.15) is 6.42 Å². The minimum Gasteiger partial charge on any atom is -0.382 e. The first-order valence-electron chi connectivity index (χ1n) is 2.86. The molecule has 0 aromatic rings. The number of rotatable bonds is 6. The summed E-state index contributed by atoms with van der Waals surface area (Å²) in [6, 6.07) is 0. The molecule has 10 heavy (non-hydrogen) atoms. The van der Waals surface area contributed by atoms with Crippen LogP contribution in [0.3, 0.4) is 0 Å². The van der Waals surface area contributed by atoms with Crippen molar-refractivity contribution in [3.8, 4) is 0 Å². The lowest BCUT2D eigenvalue weighted by Crippen LogP contribution is -1.99. The van der Waals surface area contributed by atoms with E-state index in [2.05, 4.69) is 9.47 Å². The first kappa shape index (κ1) is 9.78. The summed E-state index contributed by atoms with van der Waals surface area (Å²) in [5.74, 6) is 0. The molecule has 0 saturated carbocycles. The molecule has 0 fully saturated rings. The molecule has 0 saturated heterocycles. The highest BCUT2D eigenvalue weighted by atomic mass is 19.3. The zero-order chi connectivity index (χ0) is 7.82. The smallest absolute Gasteiger partial charge is 0.312 e. The van der Waals surface area contributed by atoms with Crippen LogP contribution in [0.15, 0.2) is 0 Å². The van der Waals surface area contributed by atoms with Crippen LogP contribution >= 0.6 is 0 Å². The summed E-state index contributed by atoms with van der Waals surface area (Å²) in [5.41, 5.74) is 0. The fourth-order valence-corrected chi connectivity index (χ4v) is 0.337. The standard InChI is InChI=1S/C6H10F2O2/c1-9-4-5-10-3-2-6(7)8/h3H,2,4-5H2,1H3. The molecule has 60 valence electrons. The molecule has 0 aromatic carbocycles. The van der Waals surface area contributed by atoms with Crippen molar-refractivity contribution in [1.82, 2.24) is 0 Å². The van der Waals surface area contributed by atoms with Gasteiger partial charge in [-0.05, 0) is 0 Å². The predicted molar refractivity (Wildman–Crippen MR) is 32.2 cm³/mol. The largest absolute Gasteiger partial charge is 0.382 e. The van der Waals surface area contributed by atoms with Gasteiger partial charge in [-0.2, -0.15) is 8.78 Å². The highest BCUT2D eigenvalue weighted by Gasteiger charge is 2.03. The highest BCUT2D eigenvalue weighted by Crippen LogP contribution is 2.10. The van der Waals surface area contributed by atoms with E-state index in [-0.39, 0.29) is 0 Å². The highest BCUT2D eigenvalue weighted by molar-refractivity contribution is 4.65. The molecule has 0 bridgehead atoms. The van der Waals surface area contributed by atoms with Gasteiger partial charge in [-0.25, -0.2) is 0 Å². The minimum atomic E-state index is -1.64. The fourth-order valence-electron chi connectivity index (χ4n) is 0.337. The number of ether oxygens (including phenoxy) is 2. The van der Waals surface area contributed by atoms with Gasteiger partial charge in [0.05, 0.1) is 19.8 Å². The molecule has 0 heterocycles. The molecular formula is C6H10F2O2. The number of methoxy groups -OCH3 is 1. The van der Waals surface area contributed by atoms with Gasteiger partial charge in [0, 0.05) is 13.5 Å². The van der Waals surface area contributed by atoms with E-state index in [0.29, 0.717) is 13.2 Å². The number of halogens is 2. The molecule has 4 heteroatoms. The van der Waals surface area contributed by atoms with Crippen molar-refractivity contribution < 1.29 is 18.3 Å². The van der Waals surface area contributed by atoms with Crippen molar-refractivity contribution in [1.29, 1.82) is 0 Å². The Morgan fingerprint density at radius 1 is 1.40 bits per heavy atom. The van der Waals surface area contributed by atoms with Crippen molar-refractivity contribution in [2.75, 3.05) is 20.3 Å². The zero-order valence-corrected chi connectivity index (χ0v) is 5.77. The second kappa shape index (κ2) is 6.89. The Bertz CT molecular complexity index is 68.8. The average molecular weight is 152 g/mol. The summed E-state index contributed by atoms with van der Waals surface area (Å²) in [6.07, 6.45) is -2.04. The van der Waals surface area contributed by atoms with E-state index in [0.717, 1.165) is 6.61 Å². The van der Waals surface area contributed by atoms with E-state index >= 15 is 0 Å². The maximum atomic E-state index is 11.3. The molecule has 0 amide bonds. The topological polar surface area (TPSA) is 18.5 Å². The molecule has 0 atom stereocenters. The Hall–Kier alpha value is -0.220. The SMILES string of the molecule is COCCO[CH]C[C](F)F. The average Bonchev–Trinajstić information content (AvgIpc) is 1.87. The van der Waals surface area contributed by atoms with Crippen molar-refractivity contribution in [2.45, 2.75) is 6.42 Å². The third kappa shape index (κ3) is 7.78. The Labute approximate surface area is 59.1 Å². The van der Waals surface area contributed by atoms with Gasteiger partial charge in [0.1, 0.15) is 0 Å². The molecular weight excluding hydrogens is 142 g/mol. The van der Waals surface area contributed by atoms with E-state index in [1.165, 1.54) is 7.11 Å². The summed E-state index contributed by atoms with van der Waals surface area (Å²) in [7, 11) is 1.52. The van der Waals surface area contributed by atoms with Crippen LogP contribution in [0.4, 0.5) is 8.78 Å².